The Kier molecular flexibility index (Phi) is 3.82. The highest BCUT2D eigenvalue weighted by atomic mass is 16.5. The van der Waals surface area contributed by atoms with E-state index >= 15 is 0 Å². The first kappa shape index (κ1) is 15.2. The van der Waals surface area contributed by atoms with Crippen molar-refractivity contribution < 1.29 is 9.53 Å². The molecule has 25 heavy (non-hydrogen) atoms. The molecule has 0 radical (unpaired) electrons. The summed E-state index contributed by atoms with van der Waals surface area (Å²) in [7, 11) is 1.39. The maximum atomic E-state index is 11.9. The topological polar surface area (TPSA) is 42.1 Å². The molecule has 0 aliphatic heterocycles. The first-order valence-electron chi connectivity index (χ1n) is 8.13. The molecule has 0 fully saturated rings. The number of hydrogen-bond donors (Lipinski definition) is 1. The van der Waals surface area contributed by atoms with Crippen LogP contribution in [0, 0.1) is 0 Å². The lowest BCUT2D eigenvalue weighted by Crippen LogP contribution is -2.00. The fourth-order valence-electron chi connectivity index (χ4n) is 3.17. The Balaban J connectivity index is 2.01. The zero-order chi connectivity index (χ0) is 17.2. The van der Waals surface area contributed by atoms with Crippen LogP contribution >= 0.6 is 0 Å². The van der Waals surface area contributed by atoms with Gasteiger partial charge in [-0.3, -0.25) is 0 Å². The minimum Gasteiger partial charge on any atom is -0.465 e. The summed E-state index contributed by atoms with van der Waals surface area (Å²) >= 11 is 0. The van der Waals surface area contributed by atoms with Gasteiger partial charge in [-0.1, -0.05) is 66.7 Å². The van der Waals surface area contributed by atoms with Crippen LogP contribution in [0.2, 0.25) is 0 Å². The number of carbonyl (C=O) groups is 1. The van der Waals surface area contributed by atoms with E-state index < -0.39 is 0 Å². The summed E-state index contributed by atoms with van der Waals surface area (Å²) in [5, 5.41) is 1.08. The molecular weight excluding hydrogens is 310 g/mol. The van der Waals surface area contributed by atoms with E-state index in [2.05, 4.69) is 29.2 Å². The number of rotatable bonds is 3. The van der Waals surface area contributed by atoms with Gasteiger partial charge in [-0.05, 0) is 23.3 Å². The van der Waals surface area contributed by atoms with Gasteiger partial charge in [0, 0.05) is 16.5 Å². The van der Waals surface area contributed by atoms with Crippen molar-refractivity contribution >= 4 is 16.9 Å². The summed E-state index contributed by atoms with van der Waals surface area (Å²) in [4.78, 5) is 15.3. The summed E-state index contributed by atoms with van der Waals surface area (Å²) in [5.74, 6) is -0.334. The number of nitrogens with one attached hydrogen (secondary N) is 1. The van der Waals surface area contributed by atoms with Crippen LogP contribution in [0.25, 0.3) is 33.3 Å². The molecule has 4 aromatic rings. The summed E-state index contributed by atoms with van der Waals surface area (Å²) < 4.78 is 4.84. The molecule has 3 aromatic carbocycles. The van der Waals surface area contributed by atoms with Gasteiger partial charge in [-0.25, -0.2) is 4.79 Å². The zero-order valence-electron chi connectivity index (χ0n) is 13.8. The summed E-state index contributed by atoms with van der Waals surface area (Å²) in [6.45, 7) is 0. The zero-order valence-corrected chi connectivity index (χ0v) is 13.8. The smallest absolute Gasteiger partial charge is 0.337 e. The lowest BCUT2D eigenvalue weighted by Gasteiger charge is -2.05. The number of ether oxygens (including phenoxy) is 1. The van der Waals surface area contributed by atoms with E-state index in [1.165, 1.54) is 7.11 Å². The Morgan fingerprint density at radius 2 is 1.48 bits per heavy atom. The molecule has 3 nitrogen and oxygen atoms in total. The van der Waals surface area contributed by atoms with Gasteiger partial charge in [-0.15, -0.1) is 0 Å². The third kappa shape index (κ3) is 2.70. The third-order valence-electron chi connectivity index (χ3n) is 4.34. The largest absolute Gasteiger partial charge is 0.465 e. The number of benzene rings is 3. The summed E-state index contributed by atoms with van der Waals surface area (Å²) in [6, 6.07) is 26.1. The molecule has 122 valence electrons. The van der Waals surface area contributed by atoms with Crippen LogP contribution < -0.4 is 0 Å². The molecule has 0 atom stereocenters. The van der Waals surface area contributed by atoms with Crippen molar-refractivity contribution in [3.8, 4) is 22.4 Å². The van der Waals surface area contributed by atoms with Crippen LogP contribution in [0.4, 0.5) is 0 Å². The first-order valence-corrected chi connectivity index (χ1v) is 8.13. The fraction of sp³-hybridized carbons (Fsp3) is 0.0455. The highest BCUT2D eigenvalue weighted by Crippen LogP contribution is 2.38. The van der Waals surface area contributed by atoms with Crippen LogP contribution in [0.5, 0.6) is 0 Å². The standard InChI is InChI=1S/C22H17NO2/c1-25-22(24)17-12-13-18-19(14-17)23-21(16-10-6-3-7-11-16)20(18)15-8-4-2-5-9-15/h2-14,23H,1H3. The second-order valence-electron chi connectivity index (χ2n) is 5.86. The predicted molar refractivity (Wildman–Crippen MR) is 101 cm³/mol. The second-order valence-corrected chi connectivity index (χ2v) is 5.86. The van der Waals surface area contributed by atoms with Crippen molar-refractivity contribution in [1.82, 2.24) is 4.98 Å². The van der Waals surface area contributed by atoms with E-state index in [1.807, 2.05) is 54.6 Å². The quantitative estimate of drug-likeness (QED) is 0.520. The number of aromatic nitrogens is 1. The van der Waals surface area contributed by atoms with Crippen LogP contribution in [0.3, 0.4) is 0 Å². The van der Waals surface area contributed by atoms with Gasteiger partial charge in [0.1, 0.15) is 0 Å². The molecule has 0 amide bonds. The molecule has 0 aliphatic rings. The highest BCUT2D eigenvalue weighted by Gasteiger charge is 2.16. The van der Waals surface area contributed by atoms with Crippen molar-refractivity contribution in [3.63, 3.8) is 0 Å². The highest BCUT2D eigenvalue weighted by molar-refractivity contribution is 6.06. The molecule has 3 heteroatoms. The van der Waals surface area contributed by atoms with E-state index in [-0.39, 0.29) is 5.97 Å². The number of aromatic amines is 1. The van der Waals surface area contributed by atoms with Crippen molar-refractivity contribution in [2.75, 3.05) is 7.11 Å². The SMILES string of the molecule is COC(=O)c1ccc2c(-c3ccccc3)c(-c3ccccc3)[nH]c2c1. The third-order valence-corrected chi connectivity index (χ3v) is 4.34. The Bertz CT molecular complexity index is 1030. The summed E-state index contributed by atoms with van der Waals surface area (Å²) in [5.41, 5.74) is 5.88. The van der Waals surface area contributed by atoms with Crippen LogP contribution in [-0.2, 0) is 4.74 Å². The average Bonchev–Trinajstić information content (AvgIpc) is 3.07. The van der Waals surface area contributed by atoms with Crippen LogP contribution in [0.1, 0.15) is 10.4 Å². The van der Waals surface area contributed by atoms with Crippen molar-refractivity contribution in [3.05, 3.63) is 84.4 Å². The molecule has 0 spiro atoms. The molecule has 0 bridgehead atoms. The molecule has 0 unspecified atom stereocenters. The normalized spacial score (nSPS) is 10.8. The minimum absolute atomic E-state index is 0.334. The van der Waals surface area contributed by atoms with Gasteiger partial charge in [0.05, 0.1) is 18.4 Å². The maximum Gasteiger partial charge on any atom is 0.337 e. The fourth-order valence-corrected chi connectivity index (χ4v) is 3.17. The lowest BCUT2D eigenvalue weighted by atomic mass is 9.98. The molecule has 1 N–H and O–H groups in total. The van der Waals surface area contributed by atoms with E-state index in [4.69, 9.17) is 4.74 Å². The Morgan fingerprint density at radius 1 is 0.840 bits per heavy atom. The average molecular weight is 327 g/mol. The predicted octanol–water partition coefficient (Wildman–Crippen LogP) is 5.29. The molecular formula is C22H17NO2. The first-order chi connectivity index (χ1) is 12.3. The monoisotopic (exact) mass is 327 g/mol. The number of carbonyl (C=O) groups excluding carboxylic acids is 1. The molecule has 1 aromatic heterocycles. The van der Waals surface area contributed by atoms with Crippen molar-refractivity contribution in [1.29, 1.82) is 0 Å². The maximum absolute atomic E-state index is 11.9. The van der Waals surface area contributed by atoms with E-state index in [1.54, 1.807) is 0 Å². The number of methoxy groups -OCH3 is 1. The molecule has 1 heterocycles. The van der Waals surface area contributed by atoms with Crippen molar-refractivity contribution in [2.45, 2.75) is 0 Å². The molecule has 0 saturated heterocycles. The number of esters is 1. The molecule has 4 rings (SSSR count). The van der Waals surface area contributed by atoms with E-state index in [9.17, 15) is 4.79 Å². The Morgan fingerprint density at radius 3 is 2.12 bits per heavy atom. The Hall–Kier alpha value is -3.33. The molecule has 0 aliphatic carbocycles. The van der Waals surface area contributed by atoms with Gasteiger partial charge in [0.15, 0.2) is 0 Å². The van der Waals surface area contributed by atoms with Gasteiger partial charge in [0.25, 0.3) is 0 Å². The van der Waals surface area contributed by atoms with E-state index in [0.29, 0.717) is 5.56 Å². The summed E-state index contributed by atoms with van der Waals surface area (Å²) in [6.07, 6.45) is 0. The number of fused-ring (bicyclic) bond motifs is 1. The Labute approximate surface area is 145 Å². The van der Waals surface area contributed by atoms with Gasteiger partial charge in [0.2, 0.25) is 0 Å². The molecule has 0 saturated carbocycles. The van der Waals surface area contributed by atoms with Gasteiger partial charge < -0.3 is 9.72 Å². The van der Waals surface area contributed by atoms with E-state index in [0.717, 1.165) is 33.3 Å². The number of H-pyrrole nitrogens is 1. The minimum atomic E-state index is -0.334. The second kappa shape index (κ2) is 6.29. The van der Waals surface area contributed by atoms with Crippen LogP contribution in [-0.4, -0.2) is 18.1 Å². The lowest BCUT2D eigenvalue weighted by molar-refractivity contribution is 0.0601. The van der Waals surface area contributed by atoms with Crippen LogP contribution in [0.15, 0.2) is 78.9 Å². The van der Waals surface area contributed by atoms with Crippen molar-refractivity contribution in [2.24, 2.45) is 0 Å². The number of hydrogen-bond acceptors (Lipinski definition) is 2. The van der Waals surface area contributed by atoms with Gasteiger partial charge in [-0.2, -0.15) is 0 Å². The van der Waals surface area contributed by atoms with Gasteiger partial charge >= 0.3 is 5.97 Å².